The molecule has 0 radical (unpaired) electrons. The third-order valence-corrected chi connectivity index (χ3v) is 7.58. The summed E-state index contributed by atoms with van der Waals surface area (Å²) in [6.07, 6.45) is 6.39. The topological polar surface area (TPSA) is 97.4 Å². The number of nitrogens with zero attached hydrogens (tertiary/aromatic N) is 4. The second kappa shape index (κ2) is 9.97. The van der Waals surface area contributed by atoms with Crippen molar-refractivity contribution in [3.05, 3.63) is 53.7 Å². The molecule has 1 aliphatic heterocycles. The summed E-state index contributed by atoms with van der Waals surface area (Å²) in [6.45, 7) is 4.73. The quantitative estimate of drug-likeness (QED) is 0.389. The van der Waals surface area contributed by atoms with E-state index in [4.69, 9.17) is 10.1 Å². The maximum Gasteiger partial charge on any atom is 0.238 e. The summed E-state index contributed by atoms with van der Waals surface area (Å²) < 4.78 is 0. The molecule has 0 unspecified atom stereocenters. The highest BCUT2D eigenvalue weighted by Crippen LogP contribution is 2.38. The molecule has 3 heterocycles. The lowest BCUT2D eigenvalue weighted by Gasteiger charge is -2.33. The third kappa shape index (κ3) is 4.48. The van der Waals surface area contributed by atoms with Crippen LogP contribution in [0.1, 0.15) is 24.0 Å². The van der Waals surface area contributed by atoms with Gasteiger partial charge in [0.15, 0.2) is 0 Å². The Labute approximate surface area is 210 Å². The van der Waals surface area contributed by atoms with Crippen LogP contribution in [0.4, 0.5) is 5.69 Å². The van der Waals surface area contributed by atoms with Crippen molar-refractivity contribution in [3.8, 4) is 11.3 Å². The molecule has 4 aromatic rings. The summed E-state index contributed by atoms with van der Waals surface area (Å²) >= 11 is 0. The third-order valence-electron chi connectivity index (χ3n) is 7.58. The summed E-state index contributed by atoms with van der Waals surface area (Å²) in [6, 6.07) is 12.2. The van der Waals surface area contributed by atoms with E-state index in [1.165, 1.54) is 29.4 Å². The fourth-order valence-corrected chi connectivity index (χ4v) is 5.71. The molecule has 8 nitrogen and oxygen atoms in total. The van der Waals surface area contributed by atoms with Crippen LogP contribution >= 0.6 is 0 Å². The number of β-amino-alcohol motifs (C(OH)–C–C–N with tert-alkyl or cyclic N) is 1. The zero-order valence-electron chi connectivity index (χ0n) is 20.5. The minimum Gasteiger partial charge on any atom is -0.395 e. The van der Waals surface area contributed by atoms with Crippen LogP contribution in [0.5, 0.6) is 0 Å². The summed E-state index contributed by atoms with van der Waals surface area (Å²) in [5.74, 6) is 0.00342. The SMILES string of the molecule is O=C(CN1CCN(CCO)CC1)Nc1ccc(-c2nc3ccc4[nH]ncc4c3c3c2CCCC3)cc1. The summed E-state index contributed by atoms with van der Waals surface area (Å²) in [4.78, 5) is 22.2. The number of aromatic amines is 1. The van der Waals surface area contributed by atoms with E-state index in [1.807, 2.05) is 18.3 Å². The van der Waals surface area contributed by atoms with Crippen molar-refractivity contribution >= 4 is 33.4 Å². The Morgan fingerprint density at radius 3 is 2.50 bits per heavy atom. The summed E-state index contributed by atoms with van der Waals surface area (Å²) in [5, 5.41) is 21.9. The highest BCUT2D eigenvalue weighted by Gasteiger charge is 2.22. The van der Waals surface area contributed by atoms with Gasteiger partial charge in [-0.1, -0.05) is 12.1 Å². The number of H-pyrrole nitrogens is 1. The van der Waals surface area contributed by atoms with Crippen molar-refractivity contribution in [1.29, 1.82) is 0 Å². The number of nitrogens with one attached hydrogen (secondary N) is 2. The molecule has 8 heteroatoms. The zero-order valence-corrected chi connectivity index (χ0v) is 20.5. The molecule has 1 saturated heterocycles. The number of fused-ring (bicyclic) bond motifs is 5. The van der Waals surface area contributed by atoms with Gasteiger partial charge in [0.2, 0.25) is 5.91 Å². The molecule has 6 rings (SSSR count). The van der Waals surface area contributed by atoms with E-state index in [0.29, 0.717) is 13.1 Å². The Morgan fingerprint density at radius 1 is 0.972 bits per heavy atom. The van der Waals surface area contributed by atoms with Crippen molar-refractivity contribution in [1.82, 2.24) is 25.0 Å². The molecule has 1 fully saturated rings. The van der Waals surface area contributed by atoms with Gasteiger partial charge in [-0.2, -0.15) is 5.10 Å². The standard InChI is InChI=1S/C28H32N6O2/c35-16-15-33-11-13-34(14-12-33)18-26(36)30-20-7-5-19(6-8-20)28-22-4-2-1-3-21(22)27-23-17-29-32-24(23)9-10-25(27)31-28/h5-10,17,35H,1-4,11-16,18H2,(H,29,32)(H,30,36). The molecule has 2 aromatic carbocycles. The Morgan fingerprint density at radius 2 is 1.72 bits per heavy atom. The van der Waals surface area contributed by atoms with Gasteiger partial charge in [-0.05, 0) is 61.1 Å². The van der Waals surface area contributed by atoms with Gasteiger partial charge in [0, 0.05) is 54.7 Å². The van der Waals surface area contributed by atoms with Crippen LogP contribution < -0.4 is 5.32 Å². The number of aryl methyl sites for hydroxylation is 1. The van der Waals surface area contributed by atoms with Crippen LogP contribution in [0.2, 0.25) is 0 Å². The fraction of sp³-hybridized carbons (Fsp3) is 0.393. The number of carbonyl (C=O) groups excluding carboxylic acids is 1. The van der Waals surface area contributed by atoms with E-state index in [-0.39, 0.29) is 12.5 Å². The maximum atomic E-state index is 12.6. The van der Waals surface area contributed by atoms with Crippen molar-refractivity contribution in [2.75, 3.05) is 51.2 Å². The lowest BCUT2D eigenvalue weighted by atomic mass is 9.85. The van der Waals surface area contributed by atoms with Gasteiger partial charge in [-0.3, -0.25) is 19.7 Å². The minimum atomic E-state index is 0.00342. The Kier molecular flexibility index (Phi) is 6.39. The monoisotopic (exact) mass is 484 g/mol. The number of carbonyl (C=O) groups is 1. The van der Waals surface area contributed by atoms with Crippen LogP contribution in [0.3, 0.4) is 0 Å². The van der Waals surface area contributed by atoms with E-state index >= 15 is 0 Å². The first-order chi connectivity index (χ1) is 17.7. The van der Waals surface area contributed by atoms with Gasteiger partial charge in [0.25, 0.3) is 0 Å². The number of aliphatic hydroxyl groups excluding tert-OH is 1. The molecule has 0 saturated carbocycles. The number of rotatable bonds is 6. The number of hydrogen-bond donors (Lipinski definition) is 3. The predicted octanol–water partition coefficient (Wildman–Crippen LogP) is 3.21. The van der Waals surface area contributed by atoms with E-state index in [1.54, 1.807) is 0 Å². The van der Waals surface area contributed by atoms with Gasteiger partial charge in [0.05, 0.1) is 36.1 Å². The highest BCUT2D eigenvalue weighted by molar-refractivity contribution is 6.07. The average Bonchev–Trinajstić information content (AvgIpc) is 3.39. The molecule has 0 bridgehead atoms. The lowest BCUT2D eigenvalue weighted by Crippen LogP contribution is -2.49. The van der Waals surface area contributed by atoms with E-state index in [0.717, 1.165) is 72.4 Å². The first kappa shape index (κ1) is 23.1. The normalized spacial score (nSPS) is 16.9. The van der Waals surface area contributed by atoms with E-state index < -0.39 is 0 Å². The van der Waals surface area contributed by atoms with Crippen molar-refractivity contribution in [3.63, 3.8) is 0 Å². The predicted molar refractivity (Wildman–Crippen MR) is 142 cm³/mol. The number of hydrogen-bond acceptors (Lipinski definition) is 6. The van der Waals surface area contributed by atoms with Crippen LogP contribution in [0, 0.1) is 0 Å². The molecule has 186 valence electrons. The molecular formula is C28H32N6O2. The number of amides is 1. The van der Waals surface area contributed by atoms with Gasteiger partial charge in [0.1, 0.15) is 0 Å². The highest BCUT2D eigenvalue weighted by atomic mass is 16.3. The Hall–Kier alpha value is -3.33. The first-order valence-electron chi connectivity index (χ1n) is 12.9. The lowest BCUT2D eigenvalue weighted by molar-refractivity contribution is -0.117. The number of pyridine rings is 1. The Balaban J connectivity index is 1.20. The average molecular weight is 485 g/mol. The molecular weight excluding hydrogens is 452 g/mol. The largest absolute Gasteiger partial charge is 0.395 e. The van der Waals surface area contributed by atoms with Gasteiger partial charge in [-0.15, -0.1) is 0 Å². The molecule has 0 atom stereocenters. The molecule has 3 N–H and O–H groups in total. The van der Waals surface area contributed by atoms with Crippen molar-refractivity contribution in [2.24, 2.45) is 0 Å². The van der Waals surface area contributed by atoms with E-state index in [9.17, 15) is 4.79 Å². The van der Waals surface area contributed by atoms with Gasteiger partial charge >= 0.3 is 0 Å². The van der Waals surface area contributed by atoms with Crippen molar-refractivity contribution < 1.29 is 9.90 Å². The van der Waals surface area contributed by atoms with Gasteiger partial charge in [-0.25, -0.2) is 4.98 Å². The molecule has 2 aliphatic rings. The molecule has 2 aromatic heterocycles. The van der Waals surface area contributed by atoms with Crippen LogP contribution in [-0.4, -0.2) is 81.9 Å². The molecule has 36 heavy (non-hydrogen) atoms. The second-order valence-electron chi connectivity index (χ2n) is 9.88. The minimum absolute atomic E-state index is 0.00342. The number of piperazine rings is 1. The summed E-state index contributed by atoms with van der Waals surface area (Å²) in [7, 11) is 0. The fourth-order valence-electron chi connectivity index (χ4n) is 5.71. The number of benzene rings is 2. The Bertz CT molecular complexity index is 1390. The number of aliphatic hydroxyl groups is 1. The smallest absolute Gasteiger partial charge is 0.238 e. The van der Waals surface area contributed by atoms with E-state index in [2.05, 4.69) is 49.6 Å². The van der Waals surface area contributed by atoms with Crippen LogP contribution in [0.15, 0.2) is 42.6 Å². The number of aromatic nitrogens is 3. The van der Waals surface area contributed by atoms with Crippen LogP contribution in [0.25, 0.3) is 33.1 Å². The van der Waals surface area contributed by atoms with Crippen LogP contribution in [-0.2, 0) is 17.6 Å². The maximum absolute atomic E-state index is 12.6. The van der Waals surface area contributed by atoms with Crippen molar-refractivity contribution in [2.45, 2.75) is 25.7 Å². The molecule has 1 aliphatic carbocycles. The zero-order chi connectivity index (χ0) is 24.5. The number of anilines is 1. The first-order valence-corrected chi connectivity index (χ1v) is 12.9. The second-order valence-corrected chi connectivity index (χ2v) is 9.88. The molecule has 0 spiro atoms. The molecule has 1 amide bonds. The summed E-state index contributed by atoms with van der Waals surface area (Å²) in [5.41, 5.74) is 7.76. The van der Waals surface area contributed by atoms with Gasteiger partial charge < -0.3 is 10.4 Å².